The van der Waals surface area contributed by atoms with Crippen LogP contribution in [0, 0.1) is 0 Å². The first-order valence-electron chi connectivity index (χ1n) is 8.61. The molecule has 1 aromatic carbocycles. The van der Waals surface area contributed by atoms with Crippen molar-refractivity contribution < 1.29 is 4.74 Å². The minimum absolute atomic E-state index is 0.215. The van der Waals surface area contributed by atoms with Crippen LogP contribution in [0.25, 0.3) is 33.5 Å². The van der Waals surface area contributed by atoms with Gasteiger partial charge in [-0.1, -0.05) is 0 Å². The number of nitrogens with one attached hydrogen (secondary N) is 1. The number of hydrogen-bond acceptors (Lipinski definition) is 8. The smallest absolute Gasteiger partial charge is 0.204 e. The molecule has 0 fully saturated rings. The van der Waals surface area contributed by atoms with Gasteiger partial charge in [0, 0.05) is 28.5 Å². The van der Waals surface area contributed by atoms with Crippen LogP contribution in [-0.2, 0) is 6.42 Å². The van der Waals surface area contributed by atoms with Crippen molar-refractivity contribution in [1.29, 1.82) is 0 Å². The van der Waals surface area contributed by atoms with Crippen LogP contribution < -0.4 is 4.74 Å². The largest absolute Gasteiger partial charge is 0.493 e. The second kappa shape index (κ2) is 6.23. The first kappa shape index (κ1) is 16.1. The predicted molar refractivity (Wildman–Crippen MR) is 99.3 cm³/mol. The number of nitrogens with zero attached hydrogens (tertiary/aromatic N) is 7. The summed E-state index contributed by atoms with van der Waals surface area (Å²) in [6.45, 7) is 4.77. The van der Waals surface area contributed by atoms with Crippen LogP contribution in [0.1, 0.15) is 24.8 Å². The van der Waals surface area contributed by atoms with E-state index < -0.39 is 0 Å². The molecule has 0 radical (unpaired) electrons. The minimum atomic E-state index is 0.215. The molecule has 0 saturated heterocycles. The Labute approximate surface area is 158 Å². The van der Waals surface area contributed by atoms with E-state index in [9.17, 15) is 0 Å². The summed E-state index contributed by atoms with van der Waals surface area (Å²) in [5.74, 6) is 2.14. The number of ether oxygens (including phenoxy) is 1. The number of fused-ring (bicyclic) bond motifs is 3. The second-order valence-corrected chi connectivity index (χ2v) is 7.54. The third-order valence-electron chi connectivity index (χ3n) is 4.38. The van der Waals surface area contributed by atoms with E-state index in [1.54, 1.807) is 17.7 Å². The molecule has 1 aliphatic rings. The maximum atomic E-state index is 5.92. The van der Waals surface area contributed by atoms with E-state index in [0.717, 1.165) is 39.8 Å². The van der Waals surface area contributed by atoms with E-state index in [2.05, 4.69) is 44.6 Å². The number of aromatic amines is 1. The first-order chi connectivity index (χ1) is 13.2. The third kappa shape index (κ3) is 2.69. The average molecular weight is 380 g/mol. The van der Waals surface area contributed by atoms with E-state index in [1.165, 1.54) is 4.88 Å². The zero-order valence-electron chi connectivity index (χ0n) is 14.7. The van der Waals surface area contributed by atoms with Crippen LogP contribution in [-0.4, -0.2) is 47.0 Å². The highest BCUT2D eigenvalue weighted by Gasteiger charge is 2.24. The van der Waals surface area contributed by atoms with Crippen LogP contribution in [0.4, 0.5) is 0 Å². The van der Waals surface area contributed by atoms with E-state index in [0.29, 0.717) is 12.4 Å². The highest BCUT2D eigenvalue weighted by atomic mass is 32.1. The average Bonchev–Trinajstić information content (AvgIpc) is 3.41. The summed E-state index contributed by atoms with van der Waals surface area (Å²) in [7, 11) is 0. The van der Waals surface area contributed by atoms with Crippen LogP contribution >= 0.6 is 11.3 Å². The Bertz CT molecular complexity index is 1100. The lowest BCUT2D eigenvalue weighted by Gasteiger charge is -2.08. The van der Waals surface area contributed by atoms with Crippen molar-refractivity contribution in [1.82, 2.24) is 40.4 Å². The van der Waals surface area contributed by atoms with Gasteiger partial charge in [0.05, 0.1) is 12.3 Å². The fourth-order valence-electron chi connectivity index (χ4n) is 3.13. The van der Waals surface area contributed by atoms with Gasteiger partial charge in [0.15, 0.2) is 10.8 Å². The molecule has 4 aromatic rings. The number of thiazole rings is 1. The lowest BCUT2D eigenvalue weighted by atomic mass is 10.1. The van der Waals surface area contributed by atoms with E-state index in [-0.39, 0.29) is 6.04 Å². The fraction of sp³-hybridized carbons (Fsp3) is 0.294. The molecule has 136 valence electrons. The molecule has 4 heterocycles. The molecule has 9 nitrogen and oxygen atoms in total. The minimum Gasteiger partial charge on any atom is -0.493 e. The van der Waals surface area contributed by atoms with Crippen molar-refractivity contribution >= 4 is 11.3 Å². The number of hydrogen-bond donors (Lipinski definition) is 1. The summed E-state index contributed by atoms with van der Waals surface area (Å²) < 4.78 is 7.82. The van der Waals surface area contributed by atoms with Gasteiger partial charge in [0.25, 0.3) is 0 Å². The normalized spacial score (nSPS) is 13.1. The van der Waals surface area contributed by atoms with Crippen molar-refractivity contribution in [2.45, 2.75) is 26.3 Å². The van der Waals surface area contributed by atoms with E-state index >= 15 is 0 Å². The Balaban J connectivity index is 1.65. The summed E-state index contributed by atoms with van der Waals surface area (Å²) in [6.07, 6.45) is 2.38. The summed E-state index contributed by atoms with van der Waals surface area (Å²) in [4.78, 5) is 10.5. The molecule has 0 spiro atoms. The van der Waals surface area contributed by atoms with Gasteiger partial charge in [-0.05, 0) is 37.3 Å². The van der Waals surface area contributed by atoms with Crippen molar-refractivity contribution in [2.24, 2.45) is 0 Å². The highest BCUT2D eigenvalue weighted by Crippen LogP contribution is 2.41. The van der Waals surface area contributed by atoms with Gasteiger partial charge in [-0.25, -0.2) is 14.6 Å². The molecule has 0 unspecified atom stereocenters. The molecule has 1 N–H and O–H groups in total. The topological polar surface area (TPSA) is 107 Å². The van der Waals surface area contributed by atoms with Crippen molar-refractivity contribution in [3.05, 3.63) is 29.4 Å². The highest BCUT2D eigenvalue weighted by molar-refractivity contribution is 7.15. The molecule has 0 saturated carbocycles. The number of benzene rings is 1. The Hall–Kier alpha value is -3.14. The number of rotatable bonds is 3. The van der Waals surface area contributed by atoms with Crippen LogP contribution in [0.15, 0.2) is 24.5 Å². The zero-order valence-corrected chi connectivity index (χ0v) is 15.6. The summed E-state index contributed by atoms with van der Waals surface area (Å²) >= 11 is 1.64. The quantitative estimate of drug-likeness (QED) is 0.582. The maximum absolute atomic E-state index is 5.92. The van der Waals surface area contributed by atoms with E-state index in [1.807, 2.05) is 22.9 Å². The molecule has 3 aromatic heterocycles. The van der Waals surface area contributed by atoms with Crippen LogP contribution in [0.2, 0.25) is 0 Å². The van der Waals surface area contributed by atoms with Gasteiger partial charge < -0.3 is 4.74 Å². The van der Waals surface area contributed by atoms with Gasteiger partial charge in [-0.15, -0.1) is 21.5 Å². The molecule has 0 aliphatic carbocycles. The zero-order chi connectivity index (χ0) is 18.4. The van der Waals surface area contributed by atoms with Gasteiger partial charge in [-0.3, -0.25) is 0 Å². The molecule has 10 heteroatoms. The number of aromatic nitrogens is 8. The molecule has 5 rings (SSSR count). The molecular formula is C17H16N8OS. The second-order valence-electron chi connectivity index (χ2n) is 6.46. The Morgan fingerprint density at radius 1 is 1.30 bits per heavy atom. The molecular weight excluding hydrogens is 364 g/mol. The fourth-order valence-corrected chi connectivity index (χ4v) is 4.17. The molecule has 0 bridgehead atoms. The van der Waals surface area contributed by atoms with Gasteiger partial charge in [-0.2, -0.15) is 10.3 Å². The summed E-state index contributed by atoms with van der Waals surface area (Å²) in [5.41, 5.74) is 2.72. The predicted octanol–water partition coefficient (Wildman–Crippen LogP) is 2.76. The monoisotopic (exact) mass is 380 g/mol. The Morgan fingerprint density at radius 2 is 2.22 bits per heavy atom. The van der Waals surface area contributed by atoms with Gasteiger partial charge in [0.2, 0.25) is 5.82 Å². The van der Waals surface area contributed by atoms with Crippen molar-refractivity contribution in [3.8, 4) is 39.2 Å². The molecule has 1 aliphatic heterocycles. The lowest BCUT2D eigenvalue weighted by molar-refractivity contribution is 0.327. The number of tetrazole rings is 1. The van der Waals surface area contributed by atoms with Crippen molar-refractivity contribution in [2.75, 3.05) is 6.61 Å². The van der Waals surface area contributed by atoms with Crippen molar-refractivity contribution in [3.63, 3.8) is 0 Å². The first-order valence-corrected chi connectivity index (χ1v) is 9.43. The SMILES string of the molecule is CC(C)n1ncnc1-c1nc2c(s1)CCOc1ccc(-c3nn[nH]n3)cc1-2. The molecule has 27 heavy (non-hydrogen) atoms. The lowest BCUT2D eigenvalue weighted by Crippen LogP contribution is -2.04. The Kier molecular flexibility index (Phi) is 3.71. The maximum Gasteiger partial charge on any atom is 0.204 e. The van der Waals surface area contributed by atoms with E-state index in [4.69, 9.17) is 9.72 Å². The molecule has 0 atom stereocenters. The Morgan fingerprint density at radius 3 is 3.04 bits per heavy atom. The number of H-pyrrole nitrogens is 1. The summed E-state index contributed by atoms with van der Waals surface area (Å²) in [6, 6.07) is 6.08. The standard InChI is InChI=1S/C17H16N8OS/c1-9(2)25-16(18-8-19-25)17-20-14-11-7-10(15-21-23-24-22-15)3-4-12(11)26-6-5-13(14)27-17/h3-4,7-9H,5-6H2,1-2H3,(H,21,22,23,24). The van der Waals surface area contributed by atoms with Gasteiger partial charge in [0.1, 0.15) is 12.1 Å². The van der Waals surface area contributed by atoms with Crippen LogP contribution in [0.5, 0.6) is 5.75 Å². The molecule has 0 amide bonds. The summed E-state index contributed by atoms with van der Waals surface area (Å²) in [5, 5.41) is 19.4. The van der Waals surface area contributed by atoms with Gasteiger partial charge >= 0.3 is 0 Å². The third-order valence-corrected chi connectivity index (χ3v) is 5.49. The van der Waals surface area contributed by atoms with Crippen LogP contribution in [0.3, 0.4) is 0 Å².